The Morgan fingerprint density at radius 1 is 1.06 bits per heavy atom. The molecule has 3 heterocycles. The highest BCUT2D eigenvalue weighted by Gasteiger charge is 2.36. The van der Waals surface area contributed by atoms with Crippen molar-refractivity contribution in [1.29, 1.82) is 0 Å². The number of piperazine rings is 1. The highest BCUT2D eigenvalue weighted by atomic mass is 19.4. The largest absolute Gasteiger partial charge is 0.419 e. The van der Waals surface area contributed by atoms with Gasteiger partial charge in [0.15, 0.2) is 0 Å². The molecule has 3 fully saturated rings. The van der Waals surface area contributed by atoms with Crippen LogP contribution in [0.2, 0.25) is 0 Å². The lowest BCUT2D eigenvalue weighted by Crippen LogP contribution is -2.44. The summed E-state index contributed by atoms with van der Waals surface area (Å²) in [6, 6.07) is 6.93. The number of carbonyl (C=O) groups excluding carboxylic acids is 1. The van der Waals surface area contributed by atoms with Crippen LogP contribution in [0.4, 0.5) is 36.1 Å². The predicted octanol–water partition coefficient (Wildman–Crippen LogP) is 4.16. The molecule has 1 unspecified atom stereocenters. The van der Waals surface area contributed by atoms with Gasteiger partial charge in [-0.2, -0.15) is 13.2 Å². The third-order valence-electron chi connectivity index (χ3n) is 7.01. The van der Waals surface area contributed by atoms with Crippen molar-refractivity contribution in [3.8, 4) is 0 Å². The Kier molecular flexibility index (Phi) is 6.48. The van der Waals surface area contributed by atoms with E-state index in [0.29, 0.717) is 31.1 Å². The predicted molar refractivity (Wildman–Crippen MR) is 130 cm³/mol. The monoisotopic (exact) mass is 488 g/mol. The zero-order valence-electron chi connectivity index (χ0n) is 19.8. The molecule has 2 aliphatic heterocycles. The van der Waals surface area contributed by atoms with Crippen LogP contribution in [0.5, 0.6) is 0 Å². The van der Waals surface area contributed by atoms with E-state index in [0.717, 1.165) is 50.9 Å². The molecule has 2 saturated heterocycles. The van der Waals surface area contributed by atoms with E-state index in [1.165, 1.54) is 17.3 Å². The summed E-state index contributed by atoms with van der Waals surface area (Å²) in [6.07, 6.45) is -0.349. The highest BCUT2D eigenvalue weighted by molar-refractivity contribution is 5.85. The van der Waals surface area contributed by atoms with Crippen LogP contribution in [-0.4, -0.2) is 61.6 Å². The molecule has 1 saturated carbocycles. The molecule has 10 heteroatoms. The molecule has 0 spiro atoms. The van der Waals surface area contributed by atoms with Gasteiger partial charge in [-0.15, -0.1) is 0 Å². The van der Waals surface area contributed by atoms with Gasteiger partial charge in [-0.1, -0.05) is 0 Å². The summed E-state index contributed by atoms with van der Waals surface area (Å²) in [7, 11) is 2.13. The van der Waals surface area contributed by atoms with Gasteiger partial charge >= 0.3 is 6.18 Å². The lowest BCUT2D eigenvalue weighted by molar-refractivity contribution is -0.137. The zero-order chi connectivity index (χ0) is 24.6. The number of hydrogen-bond donors (Lipinski definition) is 3. The fraction of sp³-hybridized carbons (Fsp3) is 0.520. The van der Waals surface area contributed by atoms with Crippen LogP contribution >= 0.6 is 0 Å². The van der Waals surface area contributed by atoms with Crippen LogP contribution in [-0.2, 0) is 11.0 Å². The van der Waals surface area contributed by atoms with Crippen molar-refractivity contribution in [1.82, 2.24) is 15.2 Å². The number of alkyl halides is 3. The Labute approximate surface area is 203 Å². The van der Waals surface area contributed by atoms with Crippen molar-refractivity contribution in [3.05, 3.63) is 41.6 Å². The average Bonchev–Trinajstić information content (AvgIpc) is 3.66. The normalized spacial score (nSPS) is 21.5. The lowest BCUT2D eigenvalue weighted by Gasteiger charge is -2.34. The first-order valence-electron chi connectivity index (χ1n) is 12.2. The number of carbonyl (C=O) groups is 1. The summed E-state index contributed by atoms with van der Waals surface area (Å²) in [5.74, 6) is 0.472. The number of anilines is 4. The molecular weight excluding hydrogens is 457 g/mol. The summed E-state index contributed by atoms with van der Waals surface area (Å²) in [6.45, 7) is 4.52. The maximum absolute atomic E-state index is 13.7. The van der Waals surface area contributed by atoms with Crippen LogP contribution in [0, 0.1) is 0 Å². The second-order valence-corrected chi connectivity index (χ2v) is 9.70. The van der Waals surface area contributed by atoms with E-state index in [4.69, 9.17) is 0 Å². The topological polar surface area (TPSA) is 72.5 Å². The number of hydrogen-bond acceptors (Lipinski definition) is 6. The van der Waals surface area contributed by atoms with Crippen molar-refractivity contribution < 1.29 is 18.0 Å². The molecule has 5 rings (SSSR count). The quantitative estimate of drug-likeness (QED) is 0.567. The second-order valence-electron chi connectivity index (χ2n) is 9.70. The van der Waals surface area contributed by atoms with Crippen molar-refractivity contribution in [2.75, 3.05) is 55.3 Å². The Morgan fingerprint density at radius 3 is 2.51 bits per heavy atom. The van der Waals surface area contributed by atoms with E-state index in [2.05, 4.69) is 49.9 Å². The SMILES string of the molecule is CN1CCN(c2ccc(Nc3cc(NC4CCCNC4=O)c(C(F)(F)F)cn3)c(C3CC3)c2)CC1. The smallest absolute Gasteiger partial charge is 0.373 e. The third-order valence-corrected chi connectivity index (χ3v) is 7.01. The van der Waals surface area contributed by atoms with Crippen molar-refractivity contribution in [2.24, 2.45) is 0 Å². The van der Waals surface area contributed by atoms with E-state index in [1.54, 1.807) is 0 Å². The molecule has 0 radical (unpaired) electrons. The average molecular weight is 489 g/mol. The molecule has 1 aliphatic carbocycles. The van der Waals surface area contributed by atoms with Gasteiger partial charge in [-0.3, -0.25) is 4.79 Å². The van der Waals surface area contributed by atoms with Crippen LogP contribution in [0.25, 0.3) is 0 Å². The van der Waals surface area contributed by atoms with E-state index in [9.17, 15) is 18.0 Å². The Hall–Kier alpha value is -3.01. The number of piperidine rings is 1. The van der Waals surface area contributed by atoms with Crippen LogP contribution in [0.15, 0.2) is 30.5 Å². The summed E-state index contributed by atoms with van der Waals surface area (Å²) in [4.78, 5) is 20.9. The summed E-state index contributed by atoms with van der Waals surface area (Å²) >= 11 is 0. The van der Waals surface area contributed by atoms with E-state index < -0.39 is 17.8 Å². The highest BCUT2D eigenvalue weighted by Crippen LogP contribution is 2.45. The Balaban J connectivity index is 1.40. The molecule has 1 atom stereocenters. The molecule has 3 N–H and O–H groups in total. The van der Waals surface area contributed by atoms with Gasteiger partial charge < -0.3 is 25.8 Å². The van der Waals surface area contributed by atoms with Crippen LogP contribution in [0.1, 0.15) is 42.7 Å². The van der Waals surface area contributed by atoms with Gasteiger partial charge in [-0.25, -0.2) is 4.98 Å². The third kappa shape index (κ3) is 5.47. The summed E-state index contributed by atoms with van der Waals surface area (Å²) in [5, 5.41) is 8.77. The van der Waals surface area contributed by atoms with E-state index in [1.807, 2.05) is 6.07 Å². The molecular formula is C25H31F3N6O. The standard InChI is InChI=1S/C25H31F3N6O/c1-33-9-11-34(12-10-33)17-6-7-20(18(13-17)16-4-5-16)32-23-14-22(19(15-30-23)25(26,27)28)31-21-3-2-8-29-24(21)35/h6-7,13-16,21H,2-5,8-12H2,1H3,(H,29,35)(H2,30,31,32). The Morgan fingerprint density at radius 2 is 1.83 bits per heavy atom. The molecule has 188 valence electrons. The van der Waals surface area contributed by atoms with Gasteiger partial charge in [0, 0.05) is 56.4 Å². The molecule has 1 amide bonds. The first-order valence-corrected chi connectivity index (χ1v) is 12.2. The summed E-state index contributed by atoms with van der Waals surface area (Å²) < 4.78 is 41.0. The molecule has 7 nitrogen and oxygen atoms in total. The van der Waals surface area contributed by atoms with E-state index >= 15 is 0 Å². The molecule has 1 aromatic heterocycles. The molecule has 1 aromatic carbocycles. The van der Waals surface area contributed by atoms with Crippen molar-refractivity contribution in [3.63, 3.8) is 0 Å². The number of halogens is 3. The van der Waals surface area contributed by atoms with Gasteiger partial charge in [0.1, 0.15) is 11.9 Å². The maximum Gasteiger partial charge on any atom is 0.419 e. The Bertz CT molecular complexity index is 1080. The number of amides is 1. The molecule has 35 heavy (non-hydrogen) atoms. The zero-order valence-corrected chi connectivity index (χ0v) is 19.8. The van der Waals surface area contributed by atoms with Gasteiger partial charge in [0.2, 0.25) is 5.91 Å². The number of benzene rings is 1. The van der Waals surface area contributed by atoms with E-state index in [-0.39, 0.29) is 11.6 Å². The van der Waals surface area contributed by atoms with Gasteiger partial charge in [0.05, 0.1) is 11.3 Å². The van der Waals surface area contributed by atoms with Crippen molar-refractivity contribution in [2.45, 2.75) is 43.8 Å². The number of rotatable bonds is 6. The summed E-state index contributed by atoms with van der Waals surface area (Å²) in [5.41, 5.74) is 2.19. The number of likely N-dealkylation sites (N-methyl/N-ethyl adjacent to an activating group) is 1. The van der Waals surface area contributed by atoms with Crippen LogP contribution < -0.4 is 20.9 Å². The number of pyridine rings is 1. The van der Waals surface area contributed by atoms with Gasteiger partial charge in [-0.05, 0) is 62.4 Å². The maximum atomic E-state index is 13.7. The molecule has 0 bridgehead atoms. The minimum atomic E-state index is -4.58. The minimum Gasteiger partial charge on any atom is -0.373 e. The number of nitrogens with one attached hydrogen (secondary N) is 3. The first kappa shape index (κ1) is 23.7. The molecule has 2 aromatic rings. The fourth-order valence-corrected chi connectivity index (χ4v) is 4.76. The number of nitrogens with zero attached hydrogens (tertiary/aromatic N) is 3. The lowest BCUT2D eigenvalue weighted by atomic mass is 10.1. The second kappa shape index (κ2) is 9.56. The van der Waals surface area contributed by atoms with Gasteiger partial charge in [0.25, 0.3) is 0 Å². The number of aromatic nitrogens is 1. The fourth-order valence-electron chi connectivity index (χ4n) is 4.76. The van der Waals surface area contributed by atoms with Crippen molar-refractivity contribution >= 4 is 28.8 Å². The van der Waals surface area contributed by atoms with Crippen LogP contribution in [0.3, 0.4) is 0 Å². The molecule has 3 aliphatic rings. The minimum absolute atomic E-state index is 0.140. The first-order chi connectivity index (χ1) is 16.8.